The van der Waals surface area contributed by atoms with Gasteiger partial charge in [-0.3, -0.25) is 24.8 Å². The van der Waals surface area contributed by atoms with Gasteiger partial charge < -0.3 is 4.74 Å². The van der Waals surface area contributed by atoms with E-state index in [0.717, 1.165) is 62.9 Å². The van der Waals surface area contributed by atoms with Crippen LogP contribution >= 0.6 is 0 Å². The van der Waals surface area contributed by atoms with Crippen LogP contribution in [0.1, 0.15) is 40.9 Å². The third-order valence-corrected chi connectivity index (χ3v) is 6.14. The molecular formula is C18H24N4O3. The lowest BCUT2D eigenvalue weighted by atomic mass is 9.98. The Morgan fingerprint density at radius 2 is 2.32 bits per heavy atom. The van der Waals surface area contributed by atoms with Crippen LogP contribution in [0.2, 0.25) is 0 Å². The maximum Gasteiger partial charge on any atom is 0.276 e. The molecule has 25 heavy (non-hydrogen) atoms. The Kier molecular flexibility index (Phi) is 3.60. The quantitative estimate of drug-likeness (QED) is 0.614. The molecule has 1 saturated carbocycles. The Bertz CT molecular complexity index is 708. The van der Waals surface area contributed by atoms with E-state index in [9.17, 15) is 4.79 Å². The second-order valence-corrected chi connectivity index (χ2v) is 7.99. The number of ether oxygens (including phenoxy) is 1. The lowest BCUT2D eigenvalue weighted by molar-refractivity contribution is -0.0657. The van der Waals surface area contributed by atoms with Crippen LogP contribution in [0.15, 0.2) is 12.3 Å². The summed E-state index contributed by atoms with van der Waals surface area (Å²) < 4.78 is 6.22. The van der Waals surface area contributed by atoms with Crippen molar-refractivity contribution in [2.75, 3.05) is 26.2 Å². The molecule has 2 N–H and O–H groups in total. The summed E-state index contributed by atoms with van der Waals surface area (Å²) in [4.78, 5) is 21.1. The lowest BCUT2D eigenvalue weighted by Crippen LogP contribution is -2.50. The first-order chi connectivity index (χ1) is 12.2. The number of hydroxylamine groups is 1. The Morgan fingerprint density at radius 3 is 3.12 bits per heavy atom. The van der Waals surface area contributed by atoms with Gasteiger partial charge in [0.15, 0.2) is 0 Å². The number of carbonyl (C=O) groups excluding carboxylic acids is 1. The molecule has 134 valence electrons. The maximum absolute atomic E-state index is 11.6. The number of rotatable bonds is 4. The van der Waals surface area contributed by atoms with Crippen molar-refractivity contribution in [3.8, 4) is 0 Å². The van der Waals surface area contributed by atoms with E-state index in [1.807, 2.05) is 6.07 Å². The van der Waals surface area contributed by atoms with E-state index in [-0.39, 0.29) is 5.60 Å². The van der Waals surface area contributed by atoms with Crippen LogP contribution < -0.4 is 5.48 Å². The number of carbonyl (C=O) groups is 1. The van der Waals surface area contributed by atoms with Gasteiger partial charge >= 0.3 is 0 Å². The number of morpholine rings is 1. The molecule has 0 unspecified atom stereocenters. The Labute approximate surface area is 146 Å². The molecule has 1 aliphatic carbocycles. The van der Waals surface area contributed by atoms with Crippen LogP contribution in [0, 0.1) is 0 Å². The smallest absolute Gasteiger partial charge is 0.276 e. The molecule has 2 atom stereocenters. The highest BCUT2D eigenvalue weighted by atomic mass is 16.5. The Morgan fingerprint density at radius 1 is 1.44 bits per heavy atom. The minimum atomic E-state index is -0.510. The molecule has 5 rings (SSSR count). The van der Waals surface area contributed by atoms with Crippen LogP contribution in [-0.4, -0.2) is 69.8 Å². The molecule has 3 fully saturated rings. The normalized spacial score (nSPS) is 32.0. The van der Waals surface area contributed by atoms with E-state index < -0.39 is 5.91 Å². The van der Waals surface area contributed by atoms with Crippen LogP contribution in [-0.2, 0) is 17.7 Å². The molecule has 7 nitrogen and oxygen atoms in total. The van der Waals surface area contributed by atoms with Gasteiger partial charge in [0.25, 0.3) is 5.91 Å². The zero-order chi connectivity index (χ0) is 17.0. The molecule has 1 aromatic heterocycles. The van der Waals surface area contributed by atoms with E-state index in [4.69, 9.17) is 9.94 Å². The number of fused-ring (bicyclic) bond motifs is 3. The van der Waals surface area contributed by atoms with E-state index in [1.54, 1.807) is 5.48 Å². The van der Waals surface area contributed by atoms with E-state index >= 15 is 0 Å². The summed E-state index contributed by atoms with van der Waals surface area (Å²) in [6.45, 7) is 4.65. The van der Waals surface area contributed by atoms with Crippen LogP contribution in [0.5, 0.6) is 0 Å². The first-order valence-electron chi connectivity index (χ1n) is 9.20. The van der Waals surface area contributed by atoms with Crippen molar-refractivity contribution < 1.29 is 14.7 Å². The van der Waals surface area contributed by atoms with Gasteiger partial charge in [-0.15, -0.1) is 0 Å². The topological polar surface area (TPSA) is 77.9 Å². The monoisotopic (exact) mass is 344 g/mol. The predicted octanol–water partition coefficient (Wildman–Crippen LogP) is 0.564. The molecule has 1 amide bonds. The zero-order valence-electron chi connectivity index (χ0n) is 14.3. The van der Waals surface area contributed by atoms with Gasteiger partial charge in [-0.05, 0) is 30.9 Å². The Balaban J connectivity index is 1.30. The van der Waals surface area contributed by atoms with Gasteiger partial charge in [0.2, 0.25) is 0 Å². The summed E-state index contributed by atoms with van der Waals surface area (Å²) in [6.07, 6.45) is 6.28. The fourth-order valence-corrected chi connectivity index (χ4v) is 4.81. The fraction of sp³-hybridized carbons (Fsp3) is 0.667. The lowest BCUT2D eigenvalue weighted by Gasteiger charge is -2.38. The number of nitrogens with zero attached hydrogens (tertiary/aromatic N) is 3. The molecule has 0 spiro atoms. The Hall–Kier alpha value is -1.54. The molecular weight excluding hydrogens is 320 g/mol. The summed E-state index contributed by atoms with van der Waals surface area (Å²) in [5.41, 5.74) is 4.20. The van der Waals surface area contributed by atoms with E-state index in [2.05, 4.69) is 14.8 Å². The second kappa shape index (κ2) is 5.74. The number of hydrogen-bond acceptors (Lipinski definition) is 6. The van der Waals surface area contributed by atoms with Crippen molar-refractivity contribution in [1.82, 2.24) is 20.3 Å². The molecule has 1 aromatic rings. The average molecular weight is 344 g/mol. The third kappa shape index (κ3) is 2.75. The molecule has 3 aliphatic heterocycles. The molecule has 2 bridgehead atoms. The van der Waals surface area contributed by atoms with Gasteiger partial charge in [-0.2, -0.15) is 0 Å². The largest absolute Gasteiger partial charge is 0.371 e. The third-order valence-electron chi connectivity index (χ3n) is 6.14. The molecule has 0 aromatic carbocycles. The molecule has 2 saturated heterocycles. The highest BCUT2D eigenvalue weighted by Gasteiger charge is 2.54. The van der Waals surface area contributed by atoms with Crippen molar-refractivity contribution >= 4 is 5.91 Å². The number of hydrogen-bond donors (Lipinski definition) is 2. The van der Waals surface area contributed by atoms with Crippen molar-refractivity contribution in [3.05, 3.63) is 29.1 Å². The molecule has 7 heteroatoms. The predicted molar refractivity (Wildman–Crippen MR) is 89.3 cm³/mol. The molecule has 4 heterocycles. The first-order valence-corrected chi connectivity index (χ1v) is 9.20. The summed E-state index contributed by atoms with van der Waals surface area (Å²) in [6, 6.07) is 3.27. The number of amides is 1. The minimum absolute atomic E-state index is 0.0156. The maximum atomic E-state index is 11.6. The summed E-state index contributed by atoms with van der Waals surface area (Å²) in [5.74, 6) is -0.510. The van der Waals surface area contributed by atoms with Crippen molar-refractivity contribution in [2.45, 2.75) is 49.9 Å². The SMILES string of the molecule is O=C(NO)c1cnc2c(c1)CN(C[C@]13C[C@H](CO1)N(C1CC1)C3)CC2. The summed E-state index contributed by atoms with van der Waals surface area (Å²) >= 11 is 0. The van der Waals surface area contributed by atoms with Crippen molar-refractivity contribution in [1.29, 1.82) is 0 Å². The number of aromatic nitrogens is 1. The highest BCUT2D eigenvalue weighted by molar-refractivity contribution is 5.93. The number of pyridine rings is 1. The van der Waals surface area contributed by atoms with Crippen LogP contribution in [0.4, 0.5) is 0 Å². The van der Waals surface area contributed by atoms with E-state index in [1.165, 1.54) is 19.0 Å². The van der Waals surface area contributed by atoms with E-state index in [0.29, 0.717) is 11.6 Å². The van der Waals surface area contributed by atoms with Crippen molar-refractivity contribution in [2.24, 2.45) is 0 Å². The van der Waals surface area contributed by atoms with Gasteiger partial charge in [0, 0.05) is 56.6 Å². The standard InChI is InChI=1S/C18H24N4O3/c23-17(20-24)12-5-13-8-21(4-3-16(13)19-7-12)10-18-6-15(9-25-18)22(11-18)14-1-2-14/h5,7,14-15,24H,1-4,6,8-11H2,(H,20,23)/t15-,18+/m1/s1. The summed E-state index contributed by atoms with van der Waals surface area (Å²) in [5, 5.41) is 8.82. The van der Waals surface area contributed by atoms with Crippen molar-refractivity contribution in [3.63, 3.8) is 0 Å². The molecule has 0 radical (unpaired) electrons. The van der Waals surface area contributed by atoms with Crippen LogP contribution in [0.3, 0.4) is 0 Å². The van der Waals surface area contributed by atoms with Gasteiger partial charge in [0.05, 0.1) is 17.8 Å². The highest BCUT2D eigenvalue weighted by Crippen LogP contribution is 2.44. The summed E-state index contributed by atoms with van der Waals surface area (Å²) in [7, 11) is 0. The van der Waals surface area contributed by atoms with Gasteiger partial charge in [0.1, 0.15) is 0 Å². The van der Waals surface area contributed by atoms with Crippen LogP contribution in [0.25, 0.3) is 0 Å². The van der Waals surface area contributed by atoms with Gasteiger partial charge in [-0.25, -0.2) is 5.48 Å². The first kappa shape index (κ1) is 15.7. The second-order valence-electron chi connectivity index (χ2n) is 7.99. The zero-order valence-corrected chi connectivity index (χ0v) is 14.3. The molecule has 4 aliphatic rings. The average Bonchev–Trinajstić information content (AvgIpc) is 3.33. The van der Waals surface area contributed by atoms with Gasteiger partial charge in [-0.1, -0.05) is 0 Å². The fourth-order valence-electron chi connectivity index (χ4n) is 4.81. The minimum Gasteiger partial charge on any atom is -0.371 e. The number of nitrogens with one attached hydrogen (secondary N) is 1. The number of likely N-dealkylation sites (tertiary alicyclic amines) is 1.